The third-order valence-electron chi connectivity index (χ3n) is 4.11. The summed E-state index contributed by atoms with van der Waals surface area (Å²) in [5, 5.41) is 5.53. The number of pyridine rings is 1. The van der Waals surface area contributed by atoms with Crippen molar-refractivity contribution in [2.75, 3.05) is 19.6 Å². The number of nitrogens with one attached hydrogen (secondary N) is 2. The molecule has 0 saturated carbocycles. The van der Waals surface area contributed by atoms with Crippen molar-refractivity contribution in [2.24, 2.45) is 0 Å². The molecule has 0 saturated heterocycles. The number of hydrogen-bond acceptors (Lipinski definition) is 4. The lowest BCUT2D eigenvalue weighted by Crippen LogP contribution is -2.36. The Balaban J connectivity index is 1.81. The van der Waals surface area contributed by atoms with E-state index >= 15 is 0 Å². The molecule has 27 heavy (non-hydrogen) atoms. The Bertz CT molecular complexity index is 820. The standard InChI is InChI=1S/C19H26N4O3S/c1-3-23(4-2)27(25,26)18-10-8-16(9-11-18)15-22-19(24)21-14-12-17-7-5-6-13-20-17/h5-11,13H,3-4,12,14-15H2,1-2H3,(H2,21,22,24). The molecule has 2 rings (SSSR count). The fraction of sp³-hybridized carbons (Fsp3) is 0.368. The van der Waals surface area contributed by atoms with Crippen molar-refractivity contribution in [3.8, 4) is 0 Å². The molecule has 0 unspecified atom stereocenters. The second-order valence-corrected chi connectivity index (χ2v) is 7.85. The minimum absolute atomic E-state index is 0.259. The lowest BCUT2D eigenvalue weighted by molar-refractivity contribution is 0.240. The van der Waals surface area contributed by atoms with E-state index in [9.17, 15) is 13.2 Å². The molecule has 146 valence electrons. The molecular formula is C19H26N4O3S. The monoisotopic (exact) mass is 390 g/mol. The molecule has 8 heteroatoms. The zero-order valence-electron chi connectivity index (χ0n) is 15.7. The number of urea groups is 1. The van der Waals surface area contributed by atoms with Gasteiger partial charge in [0.25, 0.3) is 0 Å². The van der Waals surface area contributed by atoms with E-state index in [-0.39, 0.29) is 10.9 Å². The van der Waals surface area contributed by atoms with Crippen LogP contribution in [0.5, 0.6) is 0 Å². The van der Waals surface area contributed by atoms with Crippen LogP contribution >= 0.6 is 0 Å². The van der Waals surface area contributed by atoms with Crippen LogP contribution in [-0.2, 0) is 23.0 Å². The zero-order chi connectivity index (χ0) is 19.7. The van der Waals surface area contributed by atoms with Crippen LogP contribution in [0.1, 0.15) is 25.1 Å². The van der Waals surface area contributed by atoms with Crippen molar-refractivity contribution in [1.82, 2.24) is 19.9 Å². The Kier molecular flexibility index (Phi) is 7.75. The van der Waals surface area contributed by atoms with Crippen molar-refractivity contribution in [1.29, 1.82) is 0 Å². The zero-order valence-corrected chi connectivity index (χ0v) is 16.5. The summed E-state index contributed by atoms with van der Waals surface area (Å²) in [6.07, 6.45) is 2.38. The minimum atomic E-state index is -3.46. The Morgan fingerprint density at radius 3 is 2.33 bits per heavy atom. The Hall–Kier alpha value is -2.45. The predicted molar refractivity (Wildman–Crippen MR) is 105 cm³/mol. The first-order valence-corrected chi connectivity index (χ1v) is 10.4. The van der Waals surface area contributed by atoms with Crippen LogP contribution < -0.4 is 10.6 Å². The fourth-order valence-electron chi connectivity index (χ4n) is 2.59. The number of benzene rings is 1. The van der Waals surface area contributed by atoms with Gasteiger partial charge in [-0.2, -0.15) is 4.31 Å². The Morgan fingerprint density at radius 1 is 1.04 bits per heavy atom. The van der Waals surface area contributed by atoms with Gasteiger partial charge in [-0.25, -0.2) is 13.2 Å². The number of aromatic nitrogens is 1. The largest absolute Gasteiger partial charge is 0.338 e. The number of carbonyl (C=O) groups is 1. The van der Waals surface area contributed by atoms with Gasteiger partial charge in [0, 0.05) is 44.5 Å². The first-order valence-electron chi connectivity index (χ1n) is 8.98. The van der Waals surface area contributed by atoms with Crippen LogP contribution in [0, 0.1) is 0 Å². The van der Waals surface area contributed by atoms with Gasteiger partial charge in [0.05, 0.1) is 4.90 Å². The Labute approximate surface area is 160 Å². The summed E-state index contributed by atoms with van der Waals surface area (Å²) < 4.78 is 26.3. The van der Waals surface area contributed by atoms with Crippen molar-refractivity contribution < 1.29 is 13.2 Å². The highest BCUT2D eigenvalue weighted by Crippen LogP contribution is 2.16. The molecule has 1 heterocycles. The third-order valence-corrected chi connectivity index (χ3v) is 6.18. The number of hydrogen-bond donors (Lipinski definition) is 2. The number of carbonyl (C=O) groups excluding carboxylic acids is 1. The van der Waals surface area contributed by atoms with E-state index in [2.05, 4.69) is 15.6 Å². The highest BCUT2D eigenvalue weighted by molar-refractivity contribution is 7.89. The summed E-state index contributed by atoms with van der Waals surface area (Å²) >= 11 is 0. The van der Waals surface area contributed by atoms with Crippen LogP contribution in [-0.4, -0.2) is 43.4 Å². The number of amides is 2. The maximum absolute atomic E-state index is 12.4. The van der Waals surface area contributed by atoms with E-state index in [1.807, 2.05) is 32.0 Å². The maximum Gasteiger partial charge on any atom is 0.315 e. The second kappa shape index (κ2) is 10.0. The first kappa shape index (κ1) is 20.9. The molecule has 1 aromatic heterocycles. The lowest BCUT2D eigenvalue weighted by Gasteiger charge is -2.18. The van der Waals surface area contributed by atoms with Gasteiger partial charge in [0.1, 0.15) is 0 Å². The third kappa shape index (κ3) is 6.04. The molecule has 0 spiro atoms. The molecule has 0 atom stereocenters. The maximum atomic E-state index is 12.4. The Morgan fingerprint density at radius 2 is 1.74 bits per heavy atom. The van der Waals surface area contributed by atoms with Crippen molar-refractivity contribution in [2.45, 2.75) is 31.7 Å². The molecule has 0 aliphatic heterocycles. The van der Waals surface area contributed by atoms with Crippen LogP contribution in [0.4, 0.5) is 4.79 Å². The second-order valence-electron chi connectivity index (χ2n) is 5.91. The van der Waals surface area contributed by atoms with Crippen LogP contribution in [0.15, 0.2) is 53.6 Å². The molecule has 1 aromatic carbocycles. The molecule has 0 aliphatic carbocycles. The highest BCUT2D eigenvalue weighted by Gasteiger charge is 2.21. The number of rotatable bonds is 9. The molecular weight excluding hydrogens is 364 g/mol. The molecule has 2 aromatic rings. The molecule has 2 amide bonds. The van der Waals surface area contributed by atoms with Crippen LogP contribution in [0.3, 0.4) is 0 Å². The summed E-state index contributed by atoms with van der Waals surface area (Å²) in [4.78, 5) is 16.3. The first-order chi connectivity index (χ1) is 13.0. The van der Waals surface area contributed by atoms with Gasteiger partial charge in [-0.1, -0.05) is 32.0 Å². The number of sulfonamides is 1. The smallest absolute Gasteiger partial charge is 0.315 e. The summed E-state index contributed by atoms with van der Waals surface area (Å²) in [6.45, 7) is 5.30. The van der Waals surface area contributed by atoms with Gasteiger partial charge in [0.2, 0.25) is 10.0 Å². The van der Waals surface area contributed by atoms with Gasteiger partial charge < -0.3 is 10.6 Å². The molecule has 7 nitrogen and oxygen atoms in total. The van der Waals surface area contributed by atoms with Crippen molar-refractivity contribution in [3.63, 3.8) is 0 Å². The number of nitrogens with zero attached hydrogens (tertiary/aromatic N) is 2. The fourth-order valence-corrected chi connectivity index (χ4v) is 4.04. The molecule has 2 N–H and O–H groups in total. The predicted octanol–water partition coefficient (Wildman–Crippen LogP) is 2.15. The van der Waals surface area contributed by atoms with Gasteiger partial charge >= 0.3 is 6.03 Å². The molecule has 0 aliphatic rings. The van der Waals surface area contributed by atoms with E-state index in [1.54, 1.807) is 30.5 Å². The van der Waals surface area contributed by atoms with E-state index < -0.39 is 10.0 Å². The van der Waals surface area contributed by atoms with Crippen LogP contribution in [0.25, 0.3) is 0 Å². The van der Waals surface area contributed by atoms with E-state index in [4.69, 9.17) is 0 Å². The van der Waals surface area contributed by atoms with Crippen LogP contribution in [0.2, 0.25) is 0 Å². The lowest BCUT2D eigenvalue weighted by atomic mass is 10.2. The van der Waals surface area contributed by atoms with Crippen molar-refractivity contribution in [3.05, 3.63) is 59.9 Å². The summed E-state index contributed by atoms with van der Waals surface area (Å²) in [7, 11) is -3.46. The average molecular weight is 391 g/mol. The summed E-state index contributed by atoms with van der Waals surface area (Å²) in [5.74, 6) is 0. The summed E-state index contributed by atoms with van der Waals surface area (Å²) in [5.41, 5.74) is 1.75. The normalized spacial score (nSPS) is 11.4. The van der Waals surface area contributed by atoms with Crippen molar-refractivity contribution >= 4 is 16.1 Å². The molecule has 0 radical (unpaired) electrons. The quantitative estimate of drug-likeness (QED) is 0.686. The van der Waals surface area contributed by atoms with Gasteiger partial charge in [-0.05, 0) is 29.8 Å². The topological polar surface area (TPSA) is 91.4 Å². The molecule has 0 bridgehead atoms. The minimum Gasteiger partial charge on any atom is -0.338 e. The van der Waals surface area contributed by atoms with E-state index in [0.29, 0.717) is 32.6 Å². The van der Waals surface area contributed by atoms with Gasteiger partial charge in [-0.15, -0.1) is 0 Å². The highest BCUT2D eigenvalue weighted by atomic mass is 32.2. The summed E-state index contributed by atoms with van der Waals surface area (Å²) in [6, 6.07) is 12.0. The molecule has 0 fully saturated rings. The SMILES string of the molecule is CCN(CC)S(=O)(=O)c1ccc(CNC(=O)NCCc2ccccn2)cc1. The van der Waals surface area contributed by atoms with E-state index in [0.717, 1.165) is 11.3 Å². The van der Waals surface area contributed by atoms with E-state index in [1.165, 1.54) is 4.31 Å². The van der Waals surface area contributed by atoms with Gasteiger partial charge in [-0.3, -0.25) is 4.98 Å². The average Bonchev–Trinajstić information content (AvgIpc) is 2.68. The van der Waals surface area contributed by atoms with Gasteiger partial charge in [0.15, 0.2) is 0 Å².